The maximum Gasteiger partial charge on any atom is 0.250 e. The summed E-state index contributed by atoms with van der Waals surface area (Å²) >= 11 is 8.97. The Morgan fingerprint density at radius 2 is 2.12 bits per heavy atom. The van der Waals surface area contributed by atoms with Gasteiger partial charge in [0.2, 0.25) is 0 Å². The molecule has 1 aromatic carbocycles. The molecule has 0 saturated carbocycles. The molecule has 0 bridgehead atoms. The SMILES string of the molecule is Cc1nnc(SCC(=O)NN=Cc2c(Cl)nn(-c3ccccc3)c2C)s1. The topological polar surface area (TPSA) is 85.1 Å². The number of aryl methyl sites for hydroxylation is 1. The summed E-state index contributed by atoms with van der Waals surface area (Å²) in [6.45, 7) is 3.76. The highest BCUT2D eigenvalue weighted by Crippen LogP contribution is 2.22. The Balaban J connectivity index is 1.61. The van der Waals surface area contributed by atoms with E-state index in [4.69, 9.17) is 11.6 Å². The number of halogens is 1. The lowest BCUT2D eigenvalue weighted by Gasteiger charge is -2.03. The number of nitrogens with zero attached hydrogens (tertiary/aromatic N) is 5. The molecule has 10 heteroatoms. The van der Waals surface area contributed by atoms with Crippen molar-refractivity contribution in [3.63, 3.8) is 0 Å². The standard InChI is InChI=1S/C16H15ClN6OS2/c1-10-13(15(17)22-23(10)12-6-4-3-5-7-12)8-18-20-14(24)9-25-16-21-19-11(2)26-16/h3-8H,9H2,1-2H3,(H,20,24). The number of aromatic nitrogens is 4. The maximum atomic E-state index is 11.9. The van der Waals surface area contributed by atoms with Crippen molar-refractivity contribution in [1.82, 2.24) is 25.4 Å². The van der Waals surface area contributed by atoms with Gasteiger partial charge in [-0.15, -0.1) is 10.2 Å². The molecule has 7 nitrogen and oxygen atoms in total. The van der Waals surface area contributed by atoms with Crippen LogP contribution in [0, 0.1) is 13.8 Å². The number of carbonyl (C=O) groups excluding carboxylic acids is 1. The van der Waals surface area contributed by atoms with E-state index in [-0.39, 0.29) is 11.7 Å². The van der Waals surface area contributed by atoms with Gasteiger partial charge in [0, 0.05) is 0 Å². The van der Waals surface area contributed by atoms with Gasteiger partial charge in [-0.05, 0) is 26.0 Å². The number of amides is 1. The van der Waals surface area contributed by atoms with E-state index in [1.54, 1.807) is 4.68 Å². The number of benzene rings is 1. The average Bonchev–Trinajstić information content (AvgIpc) is 3.18. The van der Waals surface area contributed by atoms with Gasteiger partial charge in [-0.25, -0.2) is 10.1 Å². The van der Waals surface area contributed by atoms with Crippen LogP contribution < -0.4 is 5.43 Å². The molecule has 26 heavy (non-hydrogen) atoms. The van der Waals surface area contributed by atoms with Gasteiger partial charge in [-0.3, -0.25) is 4.79 Å². The van der Waals surface area contributed by atoms with Gasteiger partial charge in [-0.2, -0.15) is 10.2 Å². The maximum absolute atomic E-state index is 11.9. The van der Waals surface area contributed by atoms with Crippen molar-refractivity contribution in [2.24, 2.45) is 5.10 Å². The molecule has 0 aliphatic heterocycles. The summed E-state index contributed by atoms with van der Waals surface area (Å²) in [6.07, 6.45) is 1.50. The first-order chi connectivity index (χ1) is 12.5. The summed E-state index contributed by atoms with van der Waals surface area (Å²) in [7, 11) is 0. The highest BCUT2D eigenvalue weighted by Gasteiger charge is 2.12. The van der Waals surface area contributed by atoms with E-state index in [0.717, 1.165) is 20.7 Å². The normalized spacial score (nSPS) is 11.2. The summed E-state index contributed by atoms with van der Waals surface area (Å²) in [6, 6.07) is 9.66. The number of nitrogens with one attached hydrogen (secondary N) is 1. The molecule has 0 radical (unpaired) electrons. The Morgan fingerprint density at radius 3 is 2.81 bits per heavy atom. The van der Waals surface area contributed by atoms with Gasteiger partial charge >= 0.3 is 0 Å². The van der Waals surface area contributed by atoms with Crippen LogP contribution >= 0.6 is 34.7 Å². The van der Waals surface area contributed by atoms with Crippen LogP contribution in [0.4, 0.5) is 0 Å². The van der Waals surface area contributed by atoms with Gasteiger partial charge in [0.15, 0.2) is 9.49 Å². The van der Waals surface area contributed by atoms with Crippen LogP contribution in [0.1, 0.15) is 16.3 Å². The van der Waals surface area contributed by atoms with Crippen LogP contribution in [0.2, 0.25) is 5.15 Å². The Bertz CT molecular complexity index is 938. The number of para-hydroxylation sites is 1. The van der Waals surface area contributed by atoms with Gasteiger partial charge in [-0.1, -0.05) is 52.9 Å². The molecule has 0 atom stereocenters. The number of thioether (sulfide) groups is 1. The third-order valence-electron chi connectivity index (χ3n) is 3.34. The summed E-state index contributed by atoms with van der Waals surface area (Å²) in [4.78, 5) is 11.9. The summed E-state index contributed by atoms with van der Waals surface area (Å²) in [5, 5.41) is 17.3. The molecule has 1 N–H and O–H groups in total. The lowest BCUT2D eigenvalue weighted by molar-refractivity contribution is -0.118. The quantitative estimate of drug-likeness (QED) is 0.386. The van der Waals surface area contributed by atoms with E-state index in [9.17, 15) is 4.79 Å². The molecule has 0 spiro atoms. The molecule has 0 fully saturated rings. The van der Waals surface area contributed by atoms with Crippen molar-refractivity contribution >= 4 is 46.8 Å². The van der Waals surface area contributed by atoms with Gasteiger partial charge < -0.3 is 0 Å². The average molecular weight is 407 g/mol. The fourth-order valence-electron chi connectivity index (χ4n) is 2.11. The Kier molecular flexibility index (Phi) is 6.02. The first kappa shape index (κ1) is 18.6. The number of carbonyl (C=O) groups is 1. The molecule has 3 aromatic rings. The highest BCUT2D eigenvalue weighted by molar-refractivity contribution is 8.01. The number of rotatable bonds is 6. The molecule has 2 aromatic heterocycles. The molecule has 134 valence electrons. The zero-order valence-corrected chi connectivity index (χ0v) is 16.4. The Morgan fingerprint density at radius 1 is 1.35 bits per heavy atom. The zero-order valence-electron chi connectivity index (χ0n) is 14.0. The largest absolute Gasteiger partial charge is 0.272 e. The van der Waals surface area contributed by atoms with Crippen molar-refractivity contribution in [3.8, 4) is 5.69 Å². The second-order valence-electron chi connectivity index (χ2n) is 5.21. The van der Waals surface area contributed by atoms with Crippen LogP contribution in [0.5, 0.6) is 0 Å². The van der Waals surface area contributed by atoms with Crippen LogP contribution in [0.15, 0.2) is 39.8 Å². The van der Waals surface area contributed by atoms with Gasteiger partial charge in [0.05, 0.1) is 28.9 Å². The summed E-state index contributed by atoms with van der Waals surface area (Å²) in [5.41, 5.74) is 4.87. The lowest BCUT2D eigenvalue weighted by atomic mass is 10.2. The molecule has 0 aliphatic carbocycles. The van der Waals surface area contributed by atoms with Crippen molar-refractivity contribution in [2.75, 3.05) is 5.75 Å². The Hall–Kier alpha value is -2.23. The fourth-order valence-corrected chi connectivity index (χ4v) is 3.98. The van der Waals surface area contributed by atoms with Crippen molar-refractivity contribution in [2.45, 2.75) is 18.2 Å². The number of hydrogen-bond acceptors (Lipinski definition) is 7. The van der Waals surface area contributed by atoms with E-state index in [1.807, 2.05) is 44.2 Å². The van der Waals surface area contributed by atoms with E-state index < -0.39 is 0 Å². The minimum absolute atomic E-state index is 0.210. The fraction of sp³-hybridized carbons (Fsp3) is 0.188. The van der Waals surface area contributed by atoms with E-state index in [2.05, 4.69) is 25.8 Å². The van der Waals surface area contributed by atoms with Crippen molar-refractivity contribution < 1.29 is 4.79 Å². The smallest absolute Gasteiger partial charge is 0.250 e. The van der Waals surface area contributed by atoms with Crippen molar-refractivity contribution in [1.29, 1.82) is 0 Å². The highest BCUT2D eigenvalue weighted by atomic mass is 35.5. The van der Waals surface area contributed by atoms with E-state index in [1.165, 1.54) is 29.3 Å². The monoisotopic (exact) mass is 406 g/mol. The minimum Gasteiger partial charge on any atom is -0.272 e. The molecule has 0 aliphatic rings. The molecule has 1 amide bonds. The minimum atomic E-state index is -0.233. The third-order valence-corrected chi connectivity index (χ3v) is 5.59. The second-order valence-corrected chi connectivity index (χ2v) is 7.97. The Labute approximate surface area is 163 Å². The van der Waals surface area contributed by atoms with Crippen LogP contribution in [-0.4, -0.2) is 37.9 Å². The molecule has 0 unspecified atom stereocenters. The number of hydrogen-bond donors (Lipinski definition) is 1. The van der Waals surface area contributed by atoms with E-state index in [0.29, 0.717) is 10.7 Å². The molecular formula is C16H15ClN6OS2. The predicted octanol–water partition coefficient (Wildman–Crippen LogP) is 3.24. The first-order valence-corrected chi connectivity index (χ1v) is 9.78. The first-order valence-electron chi connectivity index (χ1n) is 7.60. The molecule has 3 rings (SSSR count). The third kappa shape index (κ3) is 4.48. The van der Waals surface area contributed by atoms with Crippen molar-refractivity contribution in [3.05, 3.63) is 51.7 Å². The van der Waals surface area contributed by atoms with E-state index >= 15 is 0 Å². The van der Waals surface area contributed by atoms with Crippen LogP contribution in [0.25, 0.3) is 5.69 Å². The summed E-state index contributed by atoms with van der Waals surface area (Å²) < 4.78 is 2.49. The van der Waals surface area contributed by atoms with Gasteiger partial charge in [0.1, 0.15) is 5.01 Å². The van der Waals surface area contributed by atoms with Gasteiger partial charge in [0.25, 0.3) is 5.91 Å². The van der Waals surface area contributed by atoms with Crippen LogP contribution in [0.3, 0.4) is 0 Å². The number of hydrazone groups is 1. The molecule has 0 saturated heterocycles. The molecular weight excluding hydrogens is 392 g/mol. The molecule has 2 heterocycles. The van der Waals surface area contributed by atoms with Crippen LogP contribution in [-0.2, 0) is 4.79 Å². The second kappa shape index (κ2) is 8.43. The zero-order chi connectivity index (χ0) is 18.5. The summed E-state index contributed by atoms with van der Waals surface area (Å²) in [5.74, 6) is -0.0227. The predicted molar refractivity (Wildman–Crippen MR) is 104 cm³/mol. The lowest BCUT2D eigenvalue weighted by Crippen LogP contribution is -2.19.